The summed E-state index contributed by atoms with van der Waals surface area (Å²) in [6.45, 7) is 4.71. The Bertz CT molecular complexity index is 127. The zero-order chi connectivity index (χ0) is 9.52. The third-order valence-corrected chi connectivity index (χ3v) is 2.39. The average Bonchev–Trinajstić information content (AvgIpc) is 2.64. The van der Waals surface area contributed by atoms with E-state index in [0.29, 0.717) is 6.54 Å². The number of hydrogen-bond acceptors (Lipinski definition) is 4. The minimum absolute atomic E-state index is 0.156. The zero-order valence-corrected chi connectivity index (χ0v) is 8.08. The van der Waals surface area contributed by atoms with Crippen molar-refractivity contribution in [2.75, 3.05) is 39.3 Å². The van der Waals surface area contributed by atoms with Crippen molar-refractivity contribution < 1.29 is 10.2 Å². The van der Waals surface area contributed by atoms with Crippen LogP contribution in [0.5, 0.6) is 0 Å². The van der Waals surface area contributed by atoms with Gasteiger partial charge in [0.25, 0.3) is 0 Å². The number of nitrogens with zero attached hydrogens (tertiary/aromatic N) is 1. The minimum atomic E-state index is -0.612. The fourth-order valence-corrected chi connectivity index (χ4v) is 1.58. The summed E-state index contributed by atoms with van der Waals surface area (Å²) in [6.07, 6.45) is 2.03. The summed E-state index contributed by atoms with van der Waals surface area (Å²) in [5, 5.41) is 20.7. The first-order valence-electron chi connectivity index (χ1n) is 5.05. The number of hydrogen-bond donors (Lipinski definition) is 3. The van der Waals surface area contributed by atoms with Gasteiger partial charge in [-0.15, -0.1) is 0 Å². The second-order valence-corrected chi connectivity index (χ2v) is 3.59. The van der Waals surface area contributed by atoms with E-state index in [-0.39, 0.29) is 6.61 Å². The highest BCUT2D eigenvalue weighted by Gasteiger charge is 2.10. The molecular formula is C9H20N2O2. The standard InChI is InChI=1S/C9H20N2O2/c12-8-9(13)7-10-3-6-11-4-1-2-5-11/h9-10,12-13H,1-8H2. The first-order valence-corrected chi connectivity index (χ1v) is 5.05. The highest BCUT2D eigenvalue weighted by atomic mass is 16.3. The number of aliphatic hydroxyl groups excluding tert-OH is 2. The van der Waals surface area contributed by atoms with E-state index in [1.807, 2.05) is 0 Å². The molecular weight excluding hydrogens is 168 g/mol. The highest BCUT2D eigenvalue weighted by molar-refractivity contribution is 4.67. The van der Waals surface area contributed by atoms with Gasteiger partial charge in [-0.3, -0.25) is 0 Å². The summed E-state index contributed by atoms with van der Waals surface area (Å²) in [7, 11) is 0. The van der Waals surface area contributed by atoms with Crippen molar-refractivity contribution in [2.24, 2.45) is 0 Å². The lowest BCUT2D eigenvalue weighted by atomic mass is 10.4. The molecule has 1 aliphatic rings. The summed E-state index contributed by atoms with van der Waals surface area (Å²) >= 11 is 0. The molecule has 0 aliphatic carbocycles. The quantitative estimate of drug-likeness (QED) is 0.469. The SMILES string of the molecule is OCC(O)CNCCN1CCCC1. The van der Waals surface area contributed by atoms with Crippen LogP contribution in [0.4, 0.5) is 0 Å². The van der Waals surface area contributed by atoms with E-state index in [4.69, 9.17) is 10.2 Å². The third-order valence-electron chi connectivity index (χ3n) is 2.39. The zero-order valence-electron chi connectivity index (χ0n) is 8.08. The third kappa shape index (κ3) is 4.57. The van der Waals surface area contributed by atoms with Gasteiger partial charge in [-0.1, -0.05) is 0 Å². The Morgan fingerprint density at radius 3 is 2.62 bits per heavy atom. The van der Waals surface area contributed by atoms with Gasteiger partial charge >= 0.3 is 0 Å². The maximum atomic E-state index is 9.02. The second kappa shape index (κ2) is 6.32. The molecule has 1 rings (SSSR count). The molecule has 4 nitrogen and oxygen atoms in total. The lowest BCUT2D eigenvalue weighted by Crippen LogP contribution is -2.35. The molecule has 0 spiro atoms. The molecule has 1 atom stereocenters. The highest BCUT2D eigenvalue weighted by Crippen LogP contribution is 2.05. The predicted molar refractivity (Wildman–Crippen MR) is 51.6 cm³/mol. The van der Waals surface area contributed by atoms with Crippen LogP contribution in [-0.4, -0.2) is 60.5 Å². The van der Waals surface area contributed by atoms with Crippen LogP contribution in [0.2, 0.25) is 0 Å². The molecule has 4 heteroatoms. The largest absolute Gasteiger partial charge is 0.394 e. The van der Waals surface area contributed by atoms with Crippen LogP contribution in [-0.2, 0) is 0 Å². The Labute approximate surface area is 79.6 Å². The van der Waals surface area contributed by atoms with Crippen LogP contribution in [0.25, 0.3) is 0 Å². The fraction of sp³-hybridized carbons (Fsp3) is 1.00. The summed E-state index contributed by atoms with van der Waals surface area (Å²) < 4.78 is 0. The summed E-state index contributed by atoms with van der Waals surface area (Å²) in [4.78, 5) is 2.42. The average molecular weight is 188 g/mol. The van der Waals surface area contributed by atoms with E-state index in [0.717, 1.165) is 13.1 Å². The summed E-state index contributed by atoms with van der Waals surface area (Å²) in [5.74, 6) is 0. The first-order chi connectivity index (χ1) is 6.33. The van der Waals surface area contributed by atoms with Crippen LogP contribution >= 0.6 is 0 Å². The van der Waals surface area contributed by atoms with E-state index >= 15 is 0 Å². The molecule has 0 aromatic rings. The Balaban J connectivity index is 1.88. The molecule has 1 saturated heterocycles. The van der Waals surface area contributed by atoms with E-state index in [2.05, 4.69) is 10.2 Å². The molecule has 0 aromatic heterocycles. The van der Waals surface area contributed by atoms with Crippen molar-refractivity contribution in [1.29, 1.82) is 0 Å². The molecule has 1 aliphatic heterocycles. The van der Waals surface area contributed by atoms with Crippen LogP contribution < -0.4 is 5.32 Å². The smallest absolute Gasteiger partial charge is 0.0894 e. The number of likely N-dealkylation sites (tertiary alicyclic amines) is 1. The Hall–Kier alpha value is -0.160. The first kappa shape index (κ1) is 10.9. The van der Waals surface area contributed by atoms with Gasteiger partial charge < -0.3 is 20.4 Å². The minimum Gasteiger partial charge on any atom is -0.394 e. The molecule has 1 unspecified atom stereocenters. The summed E-state index contributed by atoms with van der Waals surface area (Å²) in [5.41, 5.74) is 0. The number of nitrogens with one attached hydrogen (secondary N) is 1. The van der Waals surface area contributed by atoms with Crippen LogP contribution in [0.3, 0.4) is 0 Å². The number of aliphatic hydroxyl groups is 2. The van der Waals surface area contributed by atoms with Gasteiger partial charge in [0.15, 0.2) is 0 Å². The van der Waals surface area contributed by atoms with Crippen molar-refractivity contribution in [1.82, 2.24) is 10.2 Å². The van der Waals surface area contributed by atoms with Gasteiger partial charge in [-0.05, 0) is 25.9 Å². The topological polar surface area (TPSA) is 55.7 Å². The molecule has 0 bridgehead atoms. The molecule has 0 saturated carbocycles. The predicted octanol–water partition coefficient (Wildman–Crippen LogP) is -0.975. The molecule has 0 amide bonds. The molecule has 13 heavy (non-hydrogen) atoms. The van der Waals surface area contributed by atoms with Crippen molar-refractivity contribution in [3.63, 3.8) is 0 Å². The van der Waals surface area contributed by atoms with Gasteiger partial charge in [0.2, 0.25) is 0 Å². The van der Waals surface area contributed by atoms with Crippen LogP contribution in [0.1, 0.15) is 12.8 Å². The van der Waals surface area contributed by atoms with Crippen molar-refractivity contribution >= 4 is 0 Å². The molecule has 1 fully saturated rings. The maximum absolute atomic E-state index is 9.02. The second-order valence-electron chi connectivity index (χ2n) is 3.59. The summed E-state index contributed by atoms with van der Waals surface area (Å²) in [6, 6.07) is 0. The molecule has 78 valence electrons. The van der Waals surface area contributed by atoms with Crippen molar-refractivity contribution in [3.05, 3.63) is 0 Å². The van der Waals surface area contributed by atoms with Gasteiger partial charge in [0.05, 0.1) is 12.7 Å². The Morgan fingerprint density at radius 2 is 2.00 bits per heavy atom. The number of rotatable bonds is 6. The van der Waals surface area contributed by atoms with Crippen LogP contribution in [0, 0.1) is 0 Å². The molecule has 0 radical (unpaired) electrons. The van der Waals surface area contributed by atoms with E-state index in [1.54, 1.807) is 0 Å². The fourth-order valence-electron chi connectivity index (χ4n) is 1.58. The van der Waals surface area contributed by atoms with Gasteiger partial charge in [-0.2, -0.15) is 0 Å². The Morgan fingerprint density at radius 1 is 1.31 bits per heavy atom. The van der Waals surface area contributed by atoms with Gasteiger partial charge in [0.1, 0.15) is 0 Å². The molecule has 1 heterocycles. The van der Waals surface area contributed by atoms with Crippen molar-refractivity contribution in [2.45, 2.75) is 18.9 Å². The maximum Gasteiger partial charge on any atom is 0.0894 e. The lowest BCUT2D eigenvalue weighted by molar-refractivity contribution is 0.0940. The Kier molecular flexibility index (Phi) is 5.31. The van der Waals surface area contributed by atoms with Crippen molar-refractivity contribution in [3.8, 4) is 0 Å². The van der Waals surface area contributed by atoms with Gasteiger partial charge in [-0.25, -0.2) is 0 Å². The van der Waals surface area contributed by atoms with Crippen LogP contribution in [0.15, 0.2) is 0 Å². The van der Waals surface area contributed by atoms with E-state index in [1.165, 1.54) is 25.9 Å². The molecule has 3 N–H and O–H groups in total. The monoisotopic (exact) mass is 188 g/mol. The molecule has 0 aromatic carbocycles. The van der Waals surface area contributed by atoms with Gasteiger partial charge in [0, 0.05) is 19.6 Å². The van der Waals surface area contributed by atoms with E-state index < -0.39 is 6.10 Å². The lowest BCUT2D eigenvalue weighted by Gasteiger charge is -2.15. The normalized spacial score (nSPS) is 20.8. The van der Waals surface area contributed by atoms with E-state index in [9.17, 15) is 0 Å².